The van der Waals surface area contributed by atoms with Gasteiger partial charge in [0, 0.05) is 6.20 Å². The average molecular weight is 405 g/mol. The Kier molecular flexibility index (Phi) is 5.23. The normalized spacial score (nSPS) is 11.8. The number of carbonyl (C=O) groups is 1. The summed E-state index contributed by atoms with van der Waals surface area (Å²) in [6.45, 7) is 0. The fourth-order valence-electron chi connectivity index (χ4n) is 2.63. The van der Waals surface area contributed by atoms with Crippen LogP contribution in [0.25, 0.3) is 17.1 Å². The van der Waals surface area contributed by atoms with Crippen LogP contribution in [0, 0.1) is 0 Å². The first-order valence-corrected chi connectivity index (χ1v) is 9.71. The van der Waals surface area contributed by atoms with Crippen molar-refractivity contribution < 1.29 is 14.5 Å². The summed E-state index contributed by atoms with van der Waals surface area (Å²) in [5.74, 6) is -1.04. The fraction of sp³-hybridized carbons (Fsp3) is 0. The van der Waals surface area contributed by atoms with Gasteiger partial charge in [-0.15, -0.1) is 5.10 Å². The van der Waals surface area contributed by atoms with E-state index in [1.807, 2.05) is 30.3 Å². The Morgan fingerprint density at radius 1 is 1.03 bits per heavy atom. The number of hydrogen-bond acceptors (Lipinski definition) is 6. The van der Waals surface area contributed by atoms with Crippen LogP contribution in [0.1, 0.15) is 10.4 Å². The van der Waals surface area contributed by atoms with E-state index in [2.05, 4.69) is 20.0 Å². The van der Waals surface area contributed by atoms with E-state index in [1.165, 1.54) is 18.3 Å². The topological polar surface area (TPSA) is 116 Å². The zero-order chi connectivity index (χ0) is 20.2. The highest BCUT2D eigenvalue weighted by molar-refractivity contribution is 7.92. The molecule has 2 heterocycles. The van der Waals surface area contributed by atoms with Crippen LogP contribution in [0.4, 0.5) is 5.69 Å². The molecule has 0 radical (unpaired) electrons. The number of carboxylic acid groups (broad SMARTS) is 1. The molecule has 0 spiro atoms. The molecular formula is C20H15N5O3S. The number of aromatic nitrogens is 4. The van der Waals surface area contributed by atoms with Crippen molar-refractivity contribution >= 4 is 23.0 Å². The lowest BCUT2D eigenvalue weighted by atomic mass is 10.2. The van der Waals surface area contributed by atoms with Crippen molar-refractivity contribution in [3.8, 4) is 17.1 Å². The molecule has 0 aliphatic heterocycles. The molecule has 144 valence electrons. The van der Waals surface area contributed by atoms with Gasteiger partial charge in [0.15, 0.2) is 4.90 Å². The standard InChI is InChI=1S/C20H15N5O3S/c26-20(27)14-9-10-21-18(11-14)19-13-25(24-22-19)16-6-4-5-15(12-16)23-29(28)17-7-2-1-3-8-17/h1-13,23H,(H,26,27). The molecule has 0 bridgehead atoms. The van der Waals surface area contributed by atoms with Gasteiger partial charge in [0.25, 0.3) is 0 Å². The number of nitrogens with one attached hydrogen (secondary N) is 1. The Morgan fingerprint density at radius 3 is 2.66 bits per heavy atom. The lowest BCUT2D eigenvalue weighted by Crippen LogP contribution is -2.13. The van der Waals surface area contributed by atoms with Crippen LogP contribution in [0.2, 0.25) is 0 Å². The Bertz CT molecular complexity index is 1150. The maximum atomic E-state index is 12.4. The van der Waals surface area contributed by atoms with E-state index in [1.54, 1.807) is 35.1 Å². The highest BCUT2D eigenvalue weighted by atomic mass is 32.2. The Hall–Kier alpha value is -3.69. The first-order chi connectivity index (χ1) is 14.1. The number of rotatable bonds is 6. The number of aromatic carboxylic acids is 1. The van der Waals surface area contributed by atoms with Crippen LogP contribution < -0.4 is 4.72 Å². The number of carboxylic acids is 1. The second-order valence-corrected chi connectivity index (χ2v) is 7.23. The molecule has 29 heavy (non-hydrogen) atoms. The second-order valence-electron chi connectivity index (χ2n) is 6.02. The molecule has 0 aliphatic carbocycles. The fourth-order valence-corrected chi connectivity index (χ4v) is 3.50. The molecule has 0 aliphatic rings. The van der Waals surface area contributed by atoms with Gasteiger partial charge < -0.3 is 9.66 Å². The number of benzene rings is 2. The minimum Gasteiger partial charge on any atom is -0.588 e. The largest absolute Gasteiger partial charge is 0.588 e. The number of pyridine rings is 1. The van der Waals surface area contributed by atoms with Gasteiger partial charge >= 0.3 is 5.97 Å². The highest BCUT2D eigenvalue weighted by Gasteiger charge is 2.13. The number of nitrogens with zero attached hydrogens (tertiary/aromatic N) is 4. The molecule has 4 rings (SSSR count). The van der Waals surface area contributed by atoms with Gasteiger partial charge in [-0.3, -0.25) is 4.98 Å². The molecule has 0 amide bonds. The Morgan fingerprint density at radius 2 is 1.86 bits per heavy atom. The summed E-state index contributed by atoms with van der Waals surface area (Å²) >= 11 is -1.39. The van der Waals surface area contributed by atoms with Gasteiger partial charge in [0.2, 0.25) is 0 Å². The molecule has 2 aromatic heterocycles. The molecule has 2 N–H and O–H groups in total. The molecule has 4 aromatic rings. The van der Waals surface area contributed by atoms with Gasteiger partial charge in [-0.2, -0.15) is 0 Å². The van der Waals surface area contributed by atoms with Crippen molar-refractivity contribution in [2.75, 3.05) is 4.72 Å². The number of anilines is 1. The van der Waals surface area contributed by atoms with E-state index in [-0.39, 0.29) is 5.56 Å². The molecular weight excluding hydrogens is 390 g/mol. The third-order valence-corrected chi connectivity index (χ3v) is 5.16. The molecule has 0 saturated heterocycles. The smallest absolute Gasteiger partial charge is 0.335 e. The molecule has 0 fully saturated rings. The van der Waals surface area contributed by atoms with E-state index in [9.17, 15) is 9.35 Å². The molecule has 9 heteroatoms. The third kappa shape index (κ3) is 4.26. The summed E-state index contributed by atoms with van der Waals surface area (Å²) < 4.78 is 16.9. The van der Waals surface area contributed by atoms with Crippen molar-refractivity contribution in [2.24, 2.45) is 0 Å². The SMILES string of the molecule is O=C(O)c1ccnc(-c2cn(-c3cccc(N[S+]([O-])c4ccccc4)c3)nn2)c1. The van der Waals surface area contributed by atoms with Gasteiger partial charge in [-0.25, -0.2) is 14.2 Å². The van der Waals surface area contributed by atoms with E-state index in [0.717, 1.165) is 0 Å². The molecule has 1 atom stereocenters. The maximum absolute atomic E-state index is 12.4. The zero-order valence-corrected chi connectivity index (χ0v) is 15.8. The first kappa shape index (κ1) is 18.7. The van der Waals surface area contributed by atoms with Gasteiger partial charge in [0.1, 0.15) is 17.1 Å². The minimum absolute atomic E-state index is 0.124. The van der Waals surface area contributed by atoms with Crippen molar-refractivity contribution in [1.82, 2.24) is 20.0 Å². The molecule has 2 aromatic carbocycles. The quantitative estimate of drug-likeness (QED) is 0.473. The molecule has 8 nitrogen and oxygen atoms in total. The average Bonchev–Trinajstić information content (AvgIpc) is 3.25. The van der Waals surface area contributed by atoms with Crippen LogP contribution in [0.5, 0.6) is 0 Å². The Balaban J connectivity index is 1.56. The second kappa shape index (κ2) is 8.13. The first-order valence-electron chi connectivity index (χ1n) is 8.56. The van der Waals surface area contributed by atoms with Gasteiger partial charge in [-0.05, 0) is 42.5 Å². The van der Waals surface area contributed by atoms with Crippen LogP contribution in [0.3, 0.4) is 0 Å². The summed E-state index contributed by atoms with van der Waals surface area (Å²) in [6.07, 6.45) is 3.07. The molecule has 1 unspecified atom stereocenters. The molecule has 0 saturated carbocycles. The summed E-state index contributed by atoms with van der Waals surface area (Å²) in [5, 5.41) is 17.3. The van der Waals surface area contributed by atoms with Crippen LogP contribution in [-0.4, -0.2) is 35.6 Å². The third-order valence-electron chi connectivity index (χ3n) is 4.04. The summed E-state index contributed by atoms with van der Waals surface area (Å²) in [7, 11) is 0. The highest BCUT2D eigenvalue weighted by Crippen LogP contribution is 2.21. The maximum Gasteiger partial charge on any atom is 0.335 e. The van der Waals surface area contributed by atoms with E-state index < -0.39 is 17.3 Å². The van der Waals surface area contributed by atoms with Crippen molar-refractivity contribution in [2.45, 2.75) is 4.90 Å². The summed E-state index contributed by atoms with van der Waals surface area (Å²) in [6, 6.07) is 19.2. The summed E-state index contributed by atoms with van der Waals surface area (Å²) in [5.41, 5.74) is 2.34. The van der Waals surface area contributed by atoms with E-state index in [4.69, 9.17) is 5.11 Å². The Labute approximate surface area is 169 Å². The monoisotopic (exact) mass is 405 g/mol. The number of hydrogen-bond donors (Lipinski definition) is 2. The van der Waals surface area contributed by atoms with Crippen LogP contribution in [0.15, 0.2) is 84.0 Å². The van der Waals surface area contributed by atoms with Crippen molar-refractivity contribution in [3.05, 3.63) is 84.7 Å². The zero-order valence-electron chi connectivity index (χ0n) is 15.0. The van der Waals surface area contributed by atoms with Gasteiger partial charge in [-0.1, -0.05) is 29.5 Å². The van der Waals surface area contributed by atoms with Crippen molar-refractivity contribution in [1.29, 1.82) is 0 Å². The minimum atomic E-state index is -1.39. The lowest BCUT2D eigenvalue weighted by Gasteiger charge is -2.12. The van der Waals surface area contributed by atoms with E-state index in [0.29, 0.717) is 27.7 Å². The predicted molar refractivity (Wildman–Crippen MR) is 108 cm³/mol. The van der Waals surface area contributed by atoms with Gasteiger partial charge in [0.05, 0.1) is 28.8 Å². The van der Waals surface area contributed by atoms with E-state index >= 15 is 0 Å². The van der Waals surface area contributed by atoms with Crippen molar-refractivity contribution in [3.63, 3.8) is 0 Å². The predicted octanol–water partition coefficient (Wildman–Crippen LogP) is 3.16. The lowest BCUT2D eigenvalue weighted by molar-refractivity contribution is 0.0697. The van der Waals surface area contributed by atoms with Crippen LogP contribution >= 0.6 is 0 Å². The van der Waals surface area contributed by atoms with Crippen LogP contribution in [-0.2, 0) is 11.4 Å². The summed E-state index contributed by atoms with van der Waals surface area (Å²) in [4.78, 5) is 16.0.